The van der Waals surface area contributed by atoms with Crippen LogP contribution in [0.15, 0.2) is 24.3 Å². The summed E-state index contributed by atoms with van der Waals surface area (Å²) in [5, 5.41) is 9.22. The lowest BCUT2D eigenvalue weighted by Gasteiger charge is -2.61. The number of amides is 1. The van der Waals surface area contributed by atoms with Gasteiger partial charge in [0.15, 0.2) is 0 Å². The predicted molar refractivity (Wildman–Crippen MR) is 92.1 cm³/mol. The Bertz CT molecular complexity index is 640. The number of methoxy groups -OCH3 is 1. The second-order valence-corrected chi connectivity index (χ2v) is 7.34. The third-order valence-corrected chi connectivity index (χ3v) is 5.95. The van der Waals surface area contributed by atoms with E-state index in [0.29, 0.717) is 18.4 Å². The van der Waals surface area contributed by atoms with Gasteiger partial charge in [-0.2, -0.15) is 0 Å². The van der Waals surface area contributed by atoms with Gasteiger partial charge in [-0.05, 0) is 31.4 Å². The van der Waals surface area contributed by atoms with E-state index in [-0.39, 0.29) is 28.5 Å². The Balaban J connectivity index is 2.00. The Morgan fingerprint density at radius 3 is 2.46 bits per heavy atom. The van der Waals surface area contributed by atoms with Crippen molar-refractivity contribution in [2.45, 2.75) is 51.7 Å². The first-order chi connectivity index (χ1) is 11.1. The third-order valence-electron chi connectivity index (χ3n) is 5.95. The lowest BCUT2D eigenvalue weighted by atomic mass is 9.55. The highest BCUT2D eigenvalue weighted by molar-refractivity contribution is 5.89. The van der Waals surface area contributed by atoms with Gasteiger partial charge in [-0.15, -0.1) is 0 Å². The van der Waals surface area contributed by atoms with Crippen molar-refractivity contribution >= 4 is 11.9 Å². The number of benzene rings is 1. The fourth-order valence-electron chi connectivity index (χ4n) is 3.61. The van der Waals surface area contributed by atoms with Crippen molar-refractivity contribution in [3.63, 3.8) is 0 Å². The van der Waals surface area contributed by atoms with Crippen molar-refractivity contribution in [2.24, 2.45) is 5.41 Å². The van der Waals surface area contributed by atoms with Gasteiger partial charge in [0.05, 0.1) is 11.2 Å². The van der Waals surface area contributed by atoms with Crippen LogP contribution in [-0.2, 0) is 16.0 Å². The minimum absolute atomic E-state index is 0.0337. The number of rotatable bonds is 6. The summed E-state index contributed by atoms with van der Waals surface area (Å²) < 4.78 is 5.62. The average Bonchev–Trinajstić information content (AvgIpc) is 2.56. The molecule has 0 aromatic heterocycles. The molecule has 0 saturated heterocycles. The Hall–Kier alpha value is -1.88. The molecule has 5 heteroatoms. The van der Waals surface area contributed by atoms with Crippen LogP contribution in [0.2, 0.25) is 0 Å². The molecule has 1 N–H and O–H groups in total. The quantitative estimate of drug-likeness (QED) is 0.869. The molecule has 0 heterocycles. The number of hydrogen-bond acceptors (Lipinski definition) is 3. The number of carboxylic acids is 1. The van der Waals surface area contributed by atoms with Crippen LogP contribution < -0.4 is 0 Å². The van der Waals surface area contributed by atoms with Crippen LogP contribution in [0, 0.1) is 5.41 Å². The molecule has 24 heavy (non-hydrogen) atoms. The number of hydrogen-bond donors (Lipinski definition) is 1. The number of aromatic carboxylic acids is 1. The summed E-state index contributed by atoms with van der Waals surface area (Å²) in [5.74, 6) is -0.922. The van der Waals surface area contributed by atoms with Gasteiger partial charge < -0.3 is 14.7 Å². The molecule has 1 saturated carbocycles. The van der Waals surface area contributed by atoms with Gasteiger partial charge in [0.1, 0.15) is 0 Å². The molecule has 1 aromatic rings. The zero-order chi connectivity index (χ0) is 18.1. The van der Waals surface area contributed by atoms with Crippen LogP contribution in [0.4, 0.5) is 0 Å². The molecule has 1 aliphatic rings. The Kier molecular flexibility index (Phi) is 5.04. The molecule has 0 radical (unpaired) electrons. The molecule has 2 atom stereocenters. The SMILES string of the molecule is COC1(C)CC(N(C)C(=O)CCc2ccccc2C(=O)O)C1(C)C. The van der Waals surface area contributed by atoms with Crippen molar-refractivity contribution in [1.82, 2.24) is 4.90 Å². The fourth-order valence-corrected chi connectivity index (χ4v) is 3.61. The molecule has 2 rings (SSSR count). The lowest BCUT2D eigenvalue weighted by molar-refractivity contribution is -0.207. The van der Waals surface area contributed by atoms with Crippen molar-refractivity contribution in [1.29, 1.82) is 0 Å². The molecule has 5 nitrogen and oxygen atoms in total. The average molecular weight is 333 g/mol. The summed E-state index contributed by atoms with van der Waals surface area (Å²) in [7, 11) is 3.54. The minimum atomic E-state index is -0.956. The van der Waals surface area contributed by atoms with Gasteiger partial charge in [0.2, 0.25) is 5.91 Å². The number of carbonyl (C=O) groups is 2. The van der Waals surface area contributed by atoms with E-state index in [1.54, 1.807) is 36.3 Å². The molecule has 1 fully saturated rings. The monoisotopic (exact) mass is 333 g/mol. The van der Waals surface area contributed by atoms with E-state index < -0.39 is 5.97 Å². The van der Waals surface area contributed by atoms with E-state index in [0.717, 1.165) is 6.42 Å². The molecule has 132 valence electrons. The van der Waals surface area contributed by atoms with Crippen LogP contribution in [0.25, 0.3) is 0 Å². The number of aryl methyl sites for hydroxylation is 1. The molecule has 0 aliphatic heterocycles. The lowest BCUT2D eigenvalue weighted by Crippen LogP contribution is -2.68. The first kappa shape index (κ1) is 18.5. The fraction of sp³-hybridized carbons (Fsp3) is 0.579. The van der Waals surface area contributed by atoms with E-state index in [1.807, 2.05) is 7.05 Å². The summed E-state index contributed by atoms with van der Waals surface area (Å²) in [4.78, 5) is 25.6. The van der Waals surface area contributed by atoms with Crippen LogP contribution in [0.1, 0.15) is 49.5 Å². The van der Waals surface area contributed by atoms with Gasteiger partial charge >= 0.3 is 5.97 Å². The second kappa shape index (κ2) is 6.55. The zero-order valence-corrected chi connectivity index (χ0v) is 15.1. The minimum Gasteiger partial charge on any atom is -0.478 e. The maximum absolute atomic E-state index is 12.6. The van der Waals surface area contributed by atoms with Crippen LogP contribution in [-0.4, -0.2) is 47.7 Å². The molecular formula is C19H27NO4. The highest BCUT2D eigenvalue weighted by Crippen LogP contribution is 2.53. The summed E-state index contributed by atoms with van der Waals surface area (Å²) >= 11 is 0. The molecule has 1 aromatic carbocycles. The van der Waals surface area contributed by atoms with Gasteiger partial charge in [-0.25, -0.2) is 4.79 Å². The maximum Gasteiger partial charge on any atom is 0.335 e. The first-order valence-corrected chi connectivity index (χ1v) is 8.26. The normalized spacial score (nSPS) is 25.0. The van der Waals surface area contributed by atoms with Gasteiger partial charge in [0, 0.05) is 32.0 Å². The summed E-state index contributed by atoms with van der Waals surface area (Å²) in [6.07, 6.45) is 1.54. The van der Waals surface area contributed by atoms with Crippen molar-refractivity contribution in [2.75, 3.05) is 14.2 Å². The zero-order valence-electron chi connectivity index (χ0n) is 15.1. The topological polar surface area (TPSA) is 66.8 Å². The standard InChI is InChI=1S/C19H27NO4/c1-18(2)15(12-19(18,3)24-5)20(4)16(21)11-10-13-8-6-7-9-14(13)17(22)23/h6-9,15H,10-12H2,1-5H3,(H,22,23). The van der Waals surface area contributed by atoms with Crippen molar-refractivity contribution in [3.8, 4) is 0 Å². The van der Waals surface area contributed by atoms with Gasteiger partial charge in [0.25, 0.3) is 0 Å². The largest absolute Gasteiger partial charge is 0.478 e. The smallest absolute Gasteiger partial charge is 0.335 e. The van der Waals surface area contributed by atoms with Gasteiger partial charge in [-0.3, -0.25) is 4.79 Å². The molecule has 0 spiro atoms. The highest BCUT2D eigenvalue weighted by Gasteiger charge is 2.59. The molecule has 0 bridgehead atoms. The molecular weight excluding hydrogens is 306 g/mol. The molecule has 1 aliphatic carbocycles. The molecule has 1 amide bonds. The van der Waals surface area contributed by atoms with Crippen LogP contribution >= 0.6 is 0 Å². The third kappa shape index (κ3) is 3.05. The Morgan fingerprint density at radius 2 is 1.92 bits per heavy atom. The van der Waals surface area contributed by atoms with Crippen molar-refractivity contribution in [3.05, 3.63) is 35.4 Å². The van der Waals surface area contributed by atoms with Crippen LogP contribution in [0.3, 0.4) is 0 Å². The van der Waals surface area contributed by atoms with Crippen LogP contribution in [0.5, 0.6) is 0 Å². The maximum atomic E-state index is 12.6. The number of carbonyl (C=O) groups excluding carboxylic acids is 1. The van der Waals surface area contributed by atoms with E-state index in [2.05, 4.69) is 20.8 Å². The Morgan fingerprint density at radius 1 is 1.29 bits per heavy atom. The van der Waals surface area contributed by atoms with E-state index >= 15 is 0 Å². The number of nitrogens with zero attached hydrogens (tertiary/aromatic N) is 1. The highest BCUT2D eigenvalue weighted by atomic mass is 16.5. The van der Waals surface area contributed by atoms with Crippen molar-refractivity contribution < 1.29 is 19.4 Å². The second-order valence-electron chi connectivity index (χ2n) is 7.34. The van der Waals surface area contributed by atoms with E-state index in [9.17, 15) is 14.7 Å². The first-order valence-electron chi connectivity index (χ1n) is 8.26. The molecule has 2 unspecified atom stereocenters. The van der Waals surface area contributed by atoms with E-state index in [1.165, 1.54) is 0 Å². The predicted octanol–water partition coefficient (Wildman–Crippen LogP) is 2.98. The number of carboxylic acid groups (broad SMARTS) is 1. The summed E-state index contributed by atoms with van der Waals surface area (Å²) in [5.41, 5.74) is 0.623. The van der Waals surface area contributed by atoms with Gasteiger partial charge in [-0.1, -0.05) is 32.0 Å². The van der Waals surface area contributed by atoms with E-state index in [4.69, 9.17) is 4.74 Å². The number of ether oxygens (including phenoxy) is 1. The summed E-state index contributed by atoms with van der Waals surface area (Å²) in [6, 6.07) is 6.97. The Labute approximate surface area is 143 Å². The summed E-state index contributed by atoms with van der Waals surface area (Å²) in [6.45, 7) is 6.31.